The van der Waals surface area contributed by atoms with E-state index in [0.29, 0.717) is 14.3 Å². The molecule has 0 atom stereocenters. The Kier molecular flexibility index (Phi) is 4.12. The molecule has 0 N–H and O–H groups in total. The van der Waals surface area contributed by atoms with Gasteiger partial charge in [-0.05, 0) is 34.2 Å². The predicted molar refractivity (Wildman–Crippen MR) is 56.5 cm³/mol. The molecule has 0 radical (unpaired) electrons. The van der Waals surface area contributed by atoms with Crippen LogP contribution < -0.4 is 0 Å². The van der Waals surface area contributed by atoms with E-state index in [1.54, 1.807) is 22.6 Å². The zero-order valence-electron chi connectivity index (χ0n) is 6.20. The smallest absolute Gasteiger partial charge is 0.239 e. The molecule has 1 aromatic heterocycles. The first-order chi connectivity index (χ1) is 6.06. The van der Waals surface area contributed by atoms with Crippen LogP contribution in [-0.4, -0.2) is 4.98 Å². The number of halogens is 5. The molecule has 1 aromatic rings. The largest absolute Gasteiger partial charge is 0.280 e. The Morgan fingerprint density at radius 3 is 2.62 bits per heavy atom. The van der Waals surface area contributed by atoms with Crippen LogP contribution in [-0.2, 0) is 5.88 Å². The van der Waals surface area contributed by atoms with Gasteiger partial charge in [-0.2, -0.15) is 0 Å². The van der Waals surface area contributed by atoms with Crippen LogP contribution in [0.2, 0.25) is 5.02 Å². The lowest BCUT2D eigenvalue weighted by molar-refractivity contribution is 0.146. The third-order valence-electron chi connectivity index (χ3n) is 1.38. The van der Waals surface area contributed by atoms with Gasteiger partial charge in [0.15, 0.2) is 0 Å². The Morgan fingerprint density at radius 1 is 1.54 bits per heavy atom. The second kappa shape index (κ2) is 4.70. The van der Waals surface area contributed by atoms with Crippen molar-refractivity contribution in [2.75, 3.05) is 0 Å². The van der Waals surface area contributed by atoms with Crippen molar-refractivity contribution in [3.8, 4) is 0 Å². The molecular weight excluding hydrogens is 334 g/mol. The van der Waals surface area contributed by atoms with E-state index in [4.69, 9.17) is 23.2 Å². The van der Waals surface area contributed by atoms with Crippen LogP contribution in [0.3, 0.4) is 0 Å². The molecule has 0 fully saturated rings. The maximum absolute atomic E-state index is 12.2. The van der Waals surface area contributed by atoms with Crippen molar-refractivity contribution in [1.82, 2.24) is 4.98 Å². The van der Waals surface area contributed by atoms with Gasteiger partial charge in [0.1, 0.15) is 9.39 Å². The van der Waals surface area contributed by atoms with Crippen molar-refractivity contribution in [1.29, 1.82) is 0 Å². The molecule has 0 aliphatic rings. The van der Waals surface area contributed by atoms with Crippen molar-refractivity contribution in [2.45, 2.75) is 12.3 Å². The third kappa shape index (κ3) is 2.63. The van der Waals surface area contributed by atoms with Crippen LogP contribution in [0.1, 0.15) is 17.7 Å². The van der Waals surface area contributed by atoms with Gasteiger partial charge in [0, 0.05) is 5.88 Å². The number of alkyl halides is 3. The van der Waals surface area contributed by atoms with E-state index in [1.807, 2.05) is 0 Å². The molecular formula is C7H4Cl2F2IN. The Balaban J connectivity index is 3.22. The van der Waals surface area contributed by atoms with Gasteiger partial charge in [-0.1, -0.05) is 11.6 Å². The minimum absolute atomic E-state index is 0.108. The minimum Gasteiger partial charge on any atom is -0.239 e. The predicted octanol–water partition coefficient (Wildman–Crippen LogP) is 4.02. The monoisotopic (exact) mass is 337 g/mol. The number of nitrogens with zero attached hydrogens (tertiary/aromatic N) is 1. The van der Waals surface area contributed by atoms with Crippen LogP contribution in [0.4, 0.5) is 8.78 Å². The molecule has 0 amide bonds. The number of hydrogen-bond donors (Lipinski definition) is 0. The Hall–Kier alpha value is 0.320. The lowest BCUT2D eigenvalue weighted by Crippen LogP contribution is -1.96. The maximum atomic E-state index is 12.2. The minimum atomic E-state index is -2.59. The zero-order chi connectivity index (χ0) is 10.0. The average Bonchev–Trinajstić information content (AvgIpc) is 2.09. The molecule has 0 aromatic carbocycles. The molecule has 0 saturated carbocycles. The topological polar surface area (TPSA) is 12.9 Å². The quantitative estimate of drug-likeness (QED) is 0.451. The van der Waals surface area contributed by atoms with E-state index in [2.05, 4.69) is 4.98 Å². The van der Waals surface area contributed by atoms with Gasteiger partial charge in [-0.15, -0.1) is 11.6 Å². The van der Waals surface area contributed by atoms with Gasteiger partial charge in [0.2, 0.25) is 0 Å². The summed E-state index contributed by atoms with van der Waals surface area (Å²) in [4.78, 5) is 3.63. The molecule has 0 saturated heterocycles. The molecule has 0 unspecified atom stereocenters. The zero-order valence-corrected chi connectivity index (χ0v) is 9.87. The Bertz CT molecular complexity index is 320. The second-order valence-electron chi connectivity index (χ2n) is 2.25. The molecule has 72 valence electrons. The van der Waals surface area contributed by atoms with Crippen molar-refractivity contribution >= 4 is 45.8 Å². The van der Waals surface area contributed by atoms with E-state index in [0.717, 1.165) is 0 Å². The highest BCUT2D eigenvalue weighted by Crippen LogP contribution is 2.27. The van der Waals surface area contributed by atoms with Gasteiger partial charge >= 0.3 is 0 Å². The summed E-state index contributed by atoms with van der Waals surface area (Å²) in [5.74, 6) is 0.108. The highest BCUT2D eigenvalue weighted by Gasteiger charge is 2.14. The van der Waals surface area contributed by atoms with Gasteiger partial charge in [0.25, 0.3) is 6.43 Å². The highest BCUT2D eigenvalue weighted by atomic mass is 127. The van der Waals surface area contributed by atoms with Gasteiger partial charge < -0.3 is 0 Å². The average molecular weight is 338 g/mol. The number of aromatic nitrogens is 1. The molecule has 13 heavy (non-hydrogen) atoms. The summed E-state index contributed by atoms with van der Waals surface area (Å²) in [5.41, 5.74) is 0.197. The summed E-state index contributed by atoms with van der Waals surface area (Å²) >= 11 is 13.1. The van der Waals surface area contributed by atoms with Gasteiger partial charge in [0.05, 0.1) is 5.02 Å². The molecule has 0 aliphatic carbocycles. The SMILES string of the molecule is FC(F)c1cc(CCl)c(Cl)c(I)n1. The summed E-state index contributed by atoms with van der Waals surface area (Å²) in [6, 6.07) is 1.22. The van der Waals surface area contributed by atoms with Gasteiger partial charge in [-0.3, -0.25) is 0 Å². The standard InChI is InChI=1S/C7H4Cl2F2IN/c8-2-3-1-4(6(10)11)13-7(12)5(3)9/h1,6H,2H2. The van der Waals surface area contributed by atoms with E-state index < -0.39 is 6.43 Å². The van der Waals surface area contributed by atoms with Crippen LogP contribution >= 0.6 is 45.8 Å². The summed E-state index contributed by atoms with van der Waals surface area (Å²) in [6.45, 7) is 0. The molecule has 0 bridgehead atoms. The normalized spacial score (nSPS) is 10.9. The third-order valence-corrected chi connectivity index (χ3v) is 3.19. The number of pyridine rings is 1. The fourth-order valence-electron chi connectivity index (χ4n) is 0.778. The van der Waals surface area contributed by atoms with Crippen LogP contribution in [0.5, 0.6) is 0 Å². The summed E-state index contributed by atoms with van der Waals surface area (Å²) in [7, 11) is 0. The first kappa shape index (κ1) is 11.4. The van der Waals surface area contributed by atoms with Crippen LogP contribution in [0.25, 0.3) is 0 Å². The van der Waals surface area contributed by atoms with Crippen molar-refractivity contribution in [3.63, 3.8) is 0 Å². The second-order valence-corrected chi connectivity index (χ2v) is 3.91. The lowest BCUT2D eigenvalue weighted by atomic mass is 10.2. The first-order valence-electron chi connectivity index (χ1n) is 3.25. The van der Waals surface area contributed by atoms with Crippen molar-refractivity contribution in [2.24, 2.45) is 0 Å². The maximum Gasteiger partial charge on any atom is 0.280 e. The van der Waals surface area contributed by atoms with E-state index >= 15 is 0 Å². The molecule has 1 rings (SSSR count). The van der Waals surface area contributed by atoms with Gasteiger partial charge in [-0.25, -0.2) is 13.8 Å². The first-order valence-corrected chi connectivity index (χ1v) is 5.24. The fraction of sp³-hybridized carbons (Fsp3) is 0.286. The summed E-state index contributed by atoms with van der Waals surface area (Å²) in [6.07, 6.45) is -2.59. The van der Waals surface area contributed by atoms with Crippen LogP contribution in [0.15, 0.2) is 6.07 Å². The summed E-state index contributed by atoms with van der Waals surface area (Å²) < 4.78 is 24.8. The molecule has 0 spiro atoms. The molecule has 1 heterocycles. The van der Waals surface area contributed by atoms with E-state index in [9.17, 15) is 8.78 Å². The van der Waals surface area contributed by atoms with E-state index in [-0.39, 0.29) is 11.6 Å². The number of rotatable bonds is 2. The fourth-order valence-corrected chi connectivity index (χ4v) is 1.85. The highest BCUT2D eigenvalue weighted by molar-refractivity contribution is 14.1. The number of hydrogen-bond acceptors (Lipinski definition) is 1. The van der Waals surface area contributed by atoms with Crippen molar-refractivity contribution in [3.05, 3.63) is 26.0 Å². The van der Waals surface area contributed by atoms with Crippen molar-refractivity contribution < 1.29 is 8.78 Å². The Labute approximate surface area is 97.6 Å². The van der Waals surface area contributed by atoms with Crippen LogP contribution in [0, 0.1) is 3.70 Å². The summed E-state index contributed by atoms with van der Waals surface area (Å²) in [5, 5.41) is 0.347. The molecule has 6 heteroatoms. The molecule has 1 nitrogen and oxygen atoms in total. The lowest BCUT2D eigenvalue weighted by Gasteiger charge is -2.05. The van der Waals surface area contributed by atoms with E-state index in [1.165, 1.54) is 6.07 Å². The molecule has 0 aliphatic heterocycles. The Morgan fingerprint density at radius 2 is 2.15 bits per heavy atom.